The minimum absolute atomic E-state index is 0.0912. The molecule has 2 aromatic heterocycles. The Morgan fingerprint density at radius 2 is 2.03 bits per heavy atom. The summed E-state index contributed by atoms with van der Waals surface area (Å²) in [6.07, 6.45) is 8.34. The molecule has 2 heterocycles. The van der Waals surface area contributed by atoms with E-state index >= 15 is 0 Å². The van der Waals surface area contributed by atoms with Gasteiger partial charge < -0.3 is 24.0 Å². The molecule has 0 aliphatic carbocycles. The van der Waals surface area contributed by atoms with Crippen LogP contribution in [0.4, 0.5) is 0 Å². The van der Waals surface area contributed by atoms with E-state index in [2.05, 4.69) is 34.8 Å². The summed E-state index contributed by atoms with van der Waals surface area (Å²) in [4.78, 5) is 23.0. The van der Waals surface area contributed by atoms with Crippen LogP contribution >= 0.6 is 33.4 Å². The molecule has 36 heavy (non-hydrogen) atoms. The third-order valence-corrected chi connectivity index (χ3v) is 7.77. The second-order valence-electron chi connectivity index (χ2n) is 9.09. The van der Waals surface area contributed by atoms with Crippen LogP contribution in [0.5, 0.6) is 11.5 Å². The largest absolute Gasteiger partial charge is 0.504 e. The molecule has 0 bridgehead atoms. The third-order valence-electron chi connectivity index (χ3n) is 5.23. The summed E-state index contributed by atoms with van der Waals surface area (Å²) in [7, 11) is 4.08. The molecule has 1 aromatic carbocycles. The molecule has 3 aromatic rings. The minimum atomic E-state index is -0.707. The number of ether oxygens (including phenoxy) is 2. The maximum atomic E-state index is 12.2. The molecule has 1 N–H and O–H groups in total. The number of hydrogen-bond donors (Lipinski definition) is 1. The lowest BCUT2D eigenvalue weighted by Crippen LogP contribution is -2.23. The Kier molecular flexibility index (Phi) is 9.00. The number of aromatic hydroxyl groups is 1. The quantitative estimate of drug-likeness (QED) is 0.227. The molecule has 3 rings (SSSR count). The number of benzene rings is 1. The number of nitriles is 1. The molecule has 1 amide bonds. The Balaban J connectivity index is 2.14. The molecule has 0 saturated carbocycles. The average Bonchev–Trinajstić information content (AvgIpc) is 3.18. The van der Waals surface area contributed by atoms with Gasteiger partial charge in [0.05, 0.1) is 41.1 Å². The fourth-order valence-electron chi connectivity index (χ4n) is 3.22. The molecule has 194 valence electrons. The summed E-state index contributed by atoms with van der Waals surface area (Å²) in [5.41, 5.74) is 1.61. The van der Waals surface area contributed by atoms with Crippen LogP contribution in [0.15, 0.2) is 23.5 Å². The number of carbonyl (C=O) groups is 1. The smallest absolute Gasteiger partial charge is 0.232 e. The molecule has 0 unspecified atom stereocenters. The predicted molar refractivity (Wildman–Crippen MR) is 147 cm³/mol. The van der Waals surface area contributed by atoms with Gasteiger partial charge >= 0.3 is 0 Å². The highest BCUT2D eigenvalue weighted by molar-refractivity contribution is 8.32. The number of rotatable bonds is 10. The van der Waals surface area contributed by atoms with Crippen molar-refractivity contribution in [1.82, 2.24) is 19.4 Å². The highest BCUT2D eigenvalue weighted by atomic mass is 35.5. The topological polar surface area (TPSA) is 114 Å². The fraction of sp³-hybridized carbons (Fsp3) is 0.417. The van der Waals surface area contributed by atoms with Gasteiger partial charge in [-0.05, 0) is 24.8 Å². The zero-order chi connectivity index (χ0) is 26.6. The van der Waals surface area contributed by atoms with Crippen molar-refractivity contribution in [2.45, 2.75) is 11.9 Å². The number of phenolic OH excluding ortho intramolecular Hbond substituents is 1. The zero-order valence-corrected chi connectivity index (χ0v) is 23.6. The molecule has 0 atom stereocenters. The highest BCUT2D eigenvalue weighted by Crippen LogP contribution is 2.41. The summed E-state index contributed by atoms with van der Waals surface area (Å²) in [5, 5.41) is 21.4. The SMILES string of the molecule is COc1cc(Cl)c(-c2nc(SCC(=O)N(C)C)nc3c2c(C#N)cn3COCCS(C)(C)C)cc1O. The predicted octanol–water partition coefficient (Wildman–Crippen LogP) is 4.19. The van der Waals surface area contributed by atoms with Crippen LogP contribution in [0.2, 0.25) is 5.02 Å². The molecular formula is C24H30ClN5O4S2. The van der Waals surface area contributed by atoms with Crippen molar-refractivity contribution in [2.24, 2.45) is 0 Å². The molecular weight excluding hydrogens is 522 g/mol. The van der Waals surface area contributed by atoms with Gasteiger partial charge in [-0.25, -0.2) is 20.0 Å². The van der Waals surface area contributed by atoms with Crippen molar-refractivity contribution in [3.8, 4) is 28.8 Å². The summed E-state index contributed by atoms with van der Waals surface area (Å²) < 4.78 is 12.8. The van der Waals surface area contributed by atoms with Gasteiger partial charge in [0.25, 0.3) is 0 Å². The van der Waals surface area contributed by atoms with Crippen molar-refractivity contribution < 1.29 is 19.4 Å². The number of methoxy groups -OCH3 is 1. The standard InChI is InChI=1S/C24H30ClN5O4S2/c1-29(2)20(32)13-35-24-27-22(16-9-18(31)19(33-3)10-17(16)25)21-15(11-26)12-30(23(21)28-24)14-34-7-8-36(4,5)6/h9-10,12,31H,7-8,13-14H2,1-6H3. The van der Waals surface area contributed by atoms with Gasteiger partial charge in [0.2, 0.25) is 5.91 Å². The lowest BCUT2D eigenvalue weighted by molar-refractivity contribution is -0.125. The summed E-state index contributed by atoms with van der Waals surface area (Å²) in [5.74, 6) is 1.09. The van der Waals surface area contributed by atoms with Gasteiger partial charge in [0.1, 0.15) is 18.4 Å². The Hall–Kier alpha value is -2.65. The normalized spacial score (nSPS) is 11.9. The van der Waals surface area contributed by atoms with Crippen LogP contribution in [0.1, 0.15) is 5.56 Å². The van der Waals surface area contributed by atoms with Gasteiger partial charge in [0, 0.05) is 37.7 Å². The first kappa shape index (κ1) is 27.9. The molecule has 0 radical (unpaired) electrons. The lowest BCUT2D eigenvalue weighted by Gasteiger charge is -2.24. The number of fused-ring (bicyclic) bond motifs is 1. The summed E-state index contributed by atoms with van der Waals surface area (Å²) >= 11 is 7.73. The van der Waals surface area contributed by atoms with E-state index in [0.717, 1.165) is 5.75 Å². The van der Waals surface area contributed by atoms with Gasteiger partial charge in [-0.1, -0.05) is 23.4 Å². The summed E-state index contributed by atoms with van der Waals surface area (Å²) in [6.45, 7) is 0.780. The van der Waals surface area contributed by atoms with Crippen LogP contribution in [-0.2, 0) is 16.3 Å². The number of amides is 1. The van der Waals surface area contributed by atoms with Gasteiger partial charge in [0.15, 0.2) is 16.7 Å². The number of phenols is 1. The van der Waals surface area contributed by atoms with E-state index in [0.29, 0.717) is 39.6 Å². The number of halogens is 1. The number of nitrogens with zero attached hydrogens (tertiary/aromatic N) is 5. The molecule has 0 aliphatic rings. The molecule has 0 spiro atoms. The van der Waals surface area contributed by atoms with Gasteiger partial charge in [-0.2, -0.15) is 5.26 Å². The summed E-state index contributed by atoms with van der Waals surface area (Å²) in [6, 6.07) is 5.14. The molecule has 0 fully saturated rings. The Labute approximate surface area is 221 Å². The van der Waals surface area contributed by atoms with E-state index in [1.54, 1.807) is 24.9 Å². The minimum Gasteiger partial charge on any atom is -0.504 e. The van der Waals surface area contributed by atoms with Crippen molar-refractivity contribution in [3.05, 3.63) is 28.9 Å². The fourth-order valence-corrected chi connectivity index (χ4v) is 4.90. The van der Waals surface area contributed by atoms with E-state index in [1.807, 2.05) is 0 Å². The first-order valence-corrected chi connectivity index (χ1v) is 15.3. The third kappa shape index (κ3) is 6.56. The zero-order valence-electron chi connectivity index (χ0n) is 21.2. The number of hydrogen-bond acceptors (Lipinski definition) is 8. The Bertz CT molecular complexity index is 1310. The number of carbonyl (C=O) groups excluding carboxylic acids is 1. The van der Waals surface area contributed by atoms with E-state index in [4.69, 9.17) is 21.1 Å². The maximum absolute atomic E-state index is 12.2. The Morgan fingerprint density at radius 3 is 2.64 bits per heavy atom. The van der Waals surface area contributed by atoms with Crippen LogP contribution in [0, 0.1) is 11.3 Å². The van der Waals surface area contributed by atoms with Crippen molar-refractivity contribution in [1.29, 1.82) is 5.26 Å². The molecule has 0 aliphatic heterocycles. The van der Waals surface area contributed by atoms with Crippen LogP contribution in [0.25, 0.3) is 22.3 Å². The van der Waals surface area contributed by atoms with Crippen molar-refractivity contribution in [3.63, 3.8) is 0 Å². The second kappa shape index (κ2) is 11.6. The van der Waals surface area contributed by atoms with E-state index in [1.165, 1.54) is 35.9 Å². The number of thioether (sulfide) groups is 1. The number of aromatic nitrogens is 3. The molecule has 9 nitrogen and oxygen atoms in total. The first-order chi connectivity index (χ1) is 16.9. The molecule has 0 saturated heterocycles. The monoisotopic (exact) mass is 551 g/mol. The van der Waals surface area contributed by atoms with Crippen LogP contribution < -0.4 is 4.74 Å². The first-order valence-electron chi connectivity index (χ1n) is 10.9. The van der Waals surface area contributed by atoms with E-state index in [-0.39, 0.29) is 34.9 Å². The highest BCUT2D eigenvalue weighted by Gasteiger charge is 2.22. The van der Waals surface area contributed by atoms with Gasteiger partial charge in [-0.3, -0.25) is 4.79 Å². The van der Waals surface area contributed by atoms with Crippen LogP contribution in [-0.4, -0.2) is 88.5 Å². The lowest BCUT2D eigenvalue weighted by atomic mass is 10.1. The van der Waals surface area contributed by atoms with E-state index < -0.39 is 10.0 Å². The van der Waals surface area contributed by atoms with E-state index in [9.17, 15) is 15.2 Å². The van der Waals surface area contributed by atoms with Gasteiger partial charge in [-0.15, -0.1) is 0 Å². The molecule has 12 heteroatoms. The average molecular weight is 552 g/mol. The Morgan fingerprint density at radius 1 is 1.31 bits per heavy atom. The maximum Gasteiger partial charge on any atom is 0.232 e. The van der Waals surface area contributed by atoms with Crippen molar-refractivity contribution >= 4 is 50.3 Å². The van der Waals surface area contributed by atoms with Crippen molar-refractivity contribution in [2.75, 3.05) is 58.1 Å². The van der Waals surface area contributed by atoms with Crippen LogP contribution in [0.3, 0.4) is 0 Å². The second-order valence-corrected chi connectivity index (χ2v) is 15.0.